The number of hydrogen-bond acceptors (Lipinski definition) is 2. The maximum Gasteiger partial charge on any atom is 0.416 e. The average molecular weight is 648 g/mol. The molecule has 0 saturated carbocycles. The summed E-state index contributed by atoms with van der Waals surface area (Å²) in [6.45, 7) is 9.54. The van der Waals surface area contributed by atoms with Crippen LogP contribution in [0.5, 0.6) is 0 Å². The summed E-state index contributed by atoms with van der Waals surface area (Å²) in [4.78, 5) is 14.8. The molecule has 9 heteroatoms. The highest BCUT2D eigenvalue weighted by molar-refractivity contribution is 5.78. The van der Waals surface area contributed by atoms with Crippen LogP contribution in [0.4, 0.5) is 26.3 Å². The van der Waals surface area contributed by atoms with Crippen molar-refractivity contribution in [3.05, 3.63) is 94.5 Å². The Hall–Kier alpha value is -3.33. The van der Waals surface area contributed by atoms with Gasteiger partial charge in [0.1, 0.15) is 0 Å². The number of likely N-dealkylation sites (tertiary alicyclic amines) is 1. The van der Waals surface area contributed by atoms with E-state index in [9.17, 15) is 36.2 Å². The van der Waals surface area contributed by atoms with Crippen molar-refractivity contribution in [1.82, 2.24) is 4.90 Å². The van der Waals surface area contributed by atoms with E-state index in [-0.39, 0.29) is 17.9 Å². The molecule has 1 N–H and O–H groups in total. The third kappa shape index (κ3) is 9.14. The molecule has 0 spiro atoms. The van der Waals surface area contributed by atoms with E-state index in [1.165, 1.54) is 12.1 Å². The molecule has 3 aromatic carbocycles. The summed E-state index contributed by atoms with van der Waals surface area (Å²) in [6, 6.07) is 15.9. The minimum absolute atomic E-state index is 0.00592. The lowest BCUT2D eigenvalue weighted by atomic mass is 9.82. The molecule has 0 aromatic heterocycles. The van der Waals surface area contributed by atoms with Crippen molar-refractivity contribution >= 4 is 5.97 Å². The predicted molar refractivity (Wildman–Crippen MR) is 169 cm³/mol. The van der Waals surface area contributed by atoms with E-state index >= 15 is 0 Å². The van der Waals surface area contributed by atoms with Crippen LogP contribution in [0.1, 0.15) is 105 Å². The lowest BCUT2D eigenvalue weighted by Gasteiger charge is -2.39. The number of carboxylic acids is 1. The minimum Gasteiger partial charge on any atom is -0.481 e. The molecule has 1 saturated heterocycles. The first-order valence-electron chi connectivity index (χ1n) is 16.0. The van der Waals surface area contributed by atoms with Gasteiger partial charge in [0.15, 0.2) is 0 Å². The number of alkyl halides is 6. The van der Waals surface area contributed by atoms with E-state index < -0.39 is 35.4 Å². The second-order valence-electron chi connectivity index (χ2n) is 13.4. The third-order valence-electron chi connectivity index (χ3n) is 8.94. The van der Waals surface area contributed by atoms with Crippen molar-refractivity contribution in [2.45, 2.75) is 90.0 Å². The van der Waals surface area contributed by atoms with Crippen LogP contribution in [0.2, 0.25) is 0 Å². The molecule has 1 heterocycles. The molecule has 1 aliphatic heterocycles. The molecule has 1 fully saturated rings. The first-order chi connectivity index (χ1) is 21.5. The van der Waals surface area contributed by atoms with Crippen molar-refractivity contribution in [1.29, 1.82) is 0 Å². The van der Waals surface area contributed by atoms with Gasteiger partial charge in [-0.15, -0.1) is 0 Å². The fraction of sp³-hybridized carbons (Fsp3) is 0.486. The van der Waals surface area contributed by atoms with Gasteiger partial charge in [-0.1, -0.05) is 70.2 Å². The van der Waals surface area contributed by atoms with Crippen LogP contribution in [-0.2, 0) is 17.1 Å². The molecule has 0 aliphatic carbocycles. The van der Waals surface area contributed by atoms with E-state index in [0.717, 1.165) is 67.6 Å². The highest BCUT2D eigenvalue weighted by Gasteiger charge is 2.33. The maximum atomic E-state index is 13.3. The van der Waals surface area contributed by atoms with E-state index in [2.05, 4.69) is 18.7 Å². The fourth-order valence-corrected chi connectivity index (χ4v) is 6.49. The van der Waals surface area contributed by atoms with Crippen LogP contribution in [0.15, 0.2) is 66.7 Å². The zero-order valence-corrected chi connectivity index (χ0v) is 26.8. The van der Waals surface area contributed by atoms with Crippen LogP contribution in [-0.4, -0.2) is 29.1 Å². The summed E-state index contributed by atoms with van der Waals surface area (Å²) < 4.78 is 79.8. The van der Waals surface area contributed by atoms with Gasteiger partial charge in [-0.05, 0) is 108 Å². The van der Waals surface area contributed by atoms with E-state index in [0.29, 0.717) is 35.6 Å². The maximum absolute atomic E-state index is 13.3. The molecule has 0 radical (unpaired) electrons. The highest BCUT2D eigenvalue weighted by Crippen LogP contribution is 2.40. The van der Waals surface area contributed by atoms with Crippen LogP contribution >= 0.6 is 0 Å². The number of piperidine rings is 1. The summed E-state index contributed by atoms with van der Waals surface area (Å²) in [5.41, 5.74) is 2.15. The number of aliphatic carboxylic acids is 1. The van der Waals surface area contributed by atoms with Gasteiger partial charge in [0, 0.05) is 12.6 Å². The quantitative estimate of drug-likeness (QED) is 0.211. The molecule has 0 amide bonds. The Morgan fingerprint density at radius 3 is 1.89 bits per heavy atom. The Morgan fingerprint density at radius 2 is 1.37 bits per heavy atom. The standard InChI is InChI=1S/C37H43F6NO2/c1-23(2)7-16-34(26-10-14-32(15-11-26)37(41,42)43)44-17-5-6-27(22-44)29-19-28(25-8-12-31(13-9-25)36(38,39)40)20-30(21-29)33(35(45)46)18-24(3)4/h8-15,19-21,23-24,27,33-34H,5-7,16-18,22H2,1-4H3,(H,45,46)/t27?,33?,34-/m0/s1. The van der Waals surface area contributed by atoms with Gasteiger partial charge in [-0.25, -0.2) is 0 Å². The molecule has 46 heavy (non-hydrogen) atoms. The second-order valence-corrected chi connectivity index (χ2v) is 13.4. The Bertz CT molecular complexity index is 1440. The molecule has 3 atom stereocenters. The Labute approximate surface area is 267 Å². The Morgan fingerprint density at radius 1 is 0.783 bits per heavy atom. The molecule has 0 bridgehead atoms. The summed E-state index contributed by atoms with van der Waals surface area (Å²) in [7, 11) is 0. The van der Waals surface area contributed by atoms with Crippen LogP contribution in [0.3, 0.4) is 0 Å². The third-order valence-corrected chi connectivity index (χ3v) is 8.94. The molecule has 250 valence electrons. The monoisotopic (exact) mass is 647 g/mol. The molecular weight excluding hydrogens is 604 g/mol. The van der Waals surface area contributed by atoms with Gasteiger partial charge in [-0.2, -0.15) is 26.3 Å². The zero-order valence-electron chi connectivity index (χ0n) is 26.8. The van der Waals surface area contributed by atoms with Gasteiger partial charge in [-0.3, -0.25) is 9.69 Å². The van der Waals surface area contributed by atoms with Crippen LogP contribution in [0, 0.1) is 11.8 Å². The number of halogens is 6. The van der Waals surface area contributed by atoms with Gasteiger partial charge in [0.2, 0.25) is 0 Å². The first-order valence-corrected chi connectivity index (χ1v) is 16.0. The Balaban J connectivity index is 1.72. The van der Waals surface area contributed by atoms with Gasteiger partial charge >= 0.3 is 18.3 Å². The van der Waals surface area contributed by atoms with Crippen molar-refractivity contribution in [2.24, 2.45) is 11.8 Å². The number of nitrogens with zero attached hydrogens (tertiary/aromatic N) is 1. The van der Waals surface area contributed by atoms with Crippen molar-refractivity contribution < 1.29 is 36.2 Å². The van der Waals surface area contributed by atoms with Gasteiger partial charge in [0.25, 0.3) is 0 Å². The lowest BCUT2D eigenvalue weighted by Crippen LogP contribution is -2.37. The van der Waals surface area contributed by atoms with E-state index in [1.54, 1.807) is 18.2 Å². The molecular formula is C37H43F6NO2. The number of carbonyl (C=O) groups is 1. The SMILES string of the molecule is CC(C)CC[C@@H](c1ccc(C(F)(F)F)cc1)N1CCCC(c2cc(-c3ccc(C(F)(F)F)cc3)cc(C(CC(C)C)C(=O)O)c2)C1. The molecule has 3 nitrogen and oxygen atoms in total. The van der Waals surface area contributed by atoms with E-state index in [1.807, 2.05) is 26.0 Å². The molecule has 2 unspecified atom stereocenters. The average Bonchev–Trinajstić information content (AvgIpc) is 2.99. The number of carboxylic acid groups (broad SMARTS) is 1. The smallest absolute Gasteiger partial charge is 0.416 e. The second kappa shape index (κ2) is 14.6. The molecule has 4 rings (SSSR count). The summed E-state index contributed by atoms with van der Waals surface area (Å²) >= 11 is 0. The molecule has 3 aromatic rings. The normalized spacial score (nSPS) is 17.8. The predicted octanol–water partition coefficient (Wildman–Crippen LogP) is 11.0. The van der Waals surface area contributed by atoms with Crippen molar-refractivity contribution in [3.63, 3.8) is 0 Å². The number of benzene rings is 3. The van der Waals surface area contributed by atoms with Crippen molar-refractivity contribution in [2.75, 3.05) is 13.1 Å². The Kier molecular flexibility index (Phi) is 11.3. The number of hydrogen-bond donors (Lipinski definition) is 1. The number of rotatable bonds is 11. The zero-order chi connectivity index (χ0) is 33.8. The minimum atomic E-state index is -4.47. The fourth-order valence-electron chi connectivity index (χ4n) is 6.49. The first kappa shape index (κ1) is 35.5. The van der Waals surface area contributed by atoms with Crippen LogP contribution < -0.4 is 0 Å². The summed E-state index contributed by atoms with van der Waals surface area (Å²) in [5, 5.41) is 10.2. The highest BCUT2D eigenvalue weighted by atomic mass is 19.4. The van der Waals surface area contributed by atoms with Crippen LogP contribution in [0.25, 0.3) is 11.1 Å². The summed E-state index contributed by atoms with van der Waals surface area (Å²) in [6.07, 6.45) is -5.12. The largest absolute Gasteiger partial charge is 0.481 e. The van der Waals surface area contributed by atoms with Gasteiger partial charge in [0.05, 0.1) is 17.0 Å². The lowest BCUT2D eigenvalue weighted by molar-refractivity contribution is -0.139. The topological polar surface area (TPSA) is 40.5 Å². The van der Waals surface area contributed by atoms with E-state index in [4.69, 9.17) is 0 Å². The van der Waals surface area contributed by atoms with Crippen molar-refractivity contribution in [3.8, 4) is 11.1 Å². The molecule has 1 aliphatic rings. The van der Waals surface area contributed by atoms with Gasteiger partial charge < -0.3 is 5.11 Å². The summed E-state index contributed by atoms with van der Waals surface area (Å²) in [5.74, 6) is -1.21.